The monoisotopic (exact) mass is 425 g/mol. The van der Waals surface area contributed by atoms with Gasteiger partial charge in [0.05, 0.1) is 12.3 Å². The molecule has 17 heavy (non-hydrogen) atoms. The Kier molecular flexibility index (Phi) is 4.92. The van der Waals surface area contributed by atoms with E-state index in [1.807, 2.05) is 12.1 Å². The molecule has 1 aromatic carbocycles. The van der Waals surface area contributed by atoms with Crippen LogP contribution in [0.4, 0.5) is 5.69 Å². The molecule has 0 radical (unpaired) electrons. The molecule has 0 aliphatic carbocycles. The highest BCUT2D eigenvalue weighted by Crippen LogP contribution is 2.35. The van der Waals surface area contributed by atoms with Crippen molar-refractivity contribution < 1.29 is 4.74 Å². The van der Waals surface area contributed by atoms with E-state index in [0.717, 1.165) is 38.7 Å². The highest BCUT2D eigenvalue weighted by molar-refractivity contribution is 9.11. The van der Waals surface area contributed by atoms with Gasteiger partial charge in [0.2, 0.25) is 0 Å². The highest BCUT2D eigenvalue weighted by atomic mass is 79.9. The van der Waals surface area contributed by atoms with Gasteiger partial charge in [0.25, 0.3) is 0 Å². The van der Waals surface area contributed by atoms with E-state index in [1.54, 1.807) is 0 Å². The van der Waals surface area contributed by atoms with Crippen LogP contribution in [0.5, 0.6) is 0 Å². The molecule has 1 fully saturated rings. The molecule has 94 valence electrons. The molecule has 2 atom stereocenters. The Morgan fingerprint density at radius 1 is 1.29 bits per heavy atom. The minimum Gasteiger partial charge on any atom is -0.381 e. The maximum atomic E-state index is 5.42. The van der Waals surface area contributed by atoms with Gasteiger partial charge in [-0.2, -0.15) is 0 Å². The summed E-state index contributed by atoms with van der Waals surface area (Å²) in [6.07, 6.45) is 1.14. The van der Waals surface area contributed by atoms with Crippen LogP contribution in [0.3, 0.4) is 0 Å². The fourth-order valence-corrected chi connectivity index (χ4v) is 4.46. The van der Waals surface area contributed by atoms with Crippen molar-refractivity contribution in [2.24, 2.45) is 5.92 Å². The summed E-state index contributed by atoms with van der Waals surface area (Å²) in [7, 11) is 0. The summed E-state index contributed by atoms with van der Waals surface area (Å²) in [5.74, 6) is 0.595. The molecule has 0 saturated carbocycles. The van der Waals surface area contributed by atoms with Gasteiger partial charge in [-0.1, -0.05) is 15.9 Å². The van der Waals surface area contributed by atoms with Gasteiger partial charge in [0.1, 0.15) is 0 Å². The van der Waals surface area contributed by atoms with E-state index in [0.29, 0.717) is 12.0 Å². The molecule has 1 aliphatic rings. The normalized spacial score (nSPS) is 21.5. The van der Waals surface area contributed by atoms with Crippen molar-refractivity contribution in [3.05, 3.63) is 25.6 Å². The van der Waals surface area contributed by atoms with Crippen molar-refractivity contribution in [2.45, 2.75) is 19.4 Å². The topological polar surface area (TPSA) is 21.3 Å². The van der Waals surface area contributed by atoms with E-state index in [1.165, 1.54) is 0 Å². The molecule has 0 amide bonds. The minimum atomic E-state index is 0.409. The van der Waals surface area contributed by atoms with E-state index in [-0.39, 0.29) is 0 Å². The van der Waals surface area contributed by atoms with Crippen LogP contribution < -0.4 is 5.32 Å². The number of anilines is 1. The second kappa shape index (κ2) is 6.04. The van der Waals surface area contributed by atoms with Crippen LogP contribution >= 0.6 is 47.8 Å². The zero-order valence-corrected chi connectivity index (χ0v) is 14.2. The zero-order valence-electron chi connectivity index (χ0n) is 9.47. The summed E-state index contributed by atoms with van der Waals surface area (Å²) in [6, 6.07) is 4.50. The van der Waals surface area contributed by atoms with E-state index >= 15 is 0 Å². The maximum Gasteiger partial charge on any atom is 0.0631 e. The van der Waals surface area contributed by atoms with Crippen molar-refractivity contribution in [2.75, 3.05) is 18.5 Å². The molecular weight excluding hydrogens is 414 g/mol. The number of benzene rings is 1. The summed E-state index contributed by atoms with van der Waals surface area (Å²) < 4.78 is 8.60. The van der Waals surface area contributed by atoms with Crippen LogP contribution in [0, 0.1) is 5.92 Å². The quantitative estimate of drug-likeness (QED) is 0.747. The number of hydrogen-bond acceptors (Lipinski definition) is 2. The first-order valence-corrected chi connectivity index (χ1v) is 7.94. The van der Waals surface area contributed by atoms with Crippen LogP contribution in [-0.4, -0.2) is 19.3 Å². The smallest absolute Gasteiger partial charge is 0.0631 e. The van der Waals surface area contributed by atoms with Crippen molar-refractivity contribution in [1.29, 1.82) is 0 Å². The Morgan fingerprint density at radius 3 is 2.47 bits per heavy atom. The number of hydrogen-bond donors (Lipinski definition) is 1. The first-order chi connectivity index (χ1) is 8.08. The third-order valence-electron chi connectivity index (χ3n) is 3.05. The van der Waals surface area contributed by atoms with Gasteiger partial charge in [-0.3, -0.25) is 0 Å². The van der Waals surface area contributed by atoms with Crippen LogP contribution in [-0.2, 0) is 4.74 Å². The van der Waals surface area contributed by atoms with Crippen molar-refractivity contribution in [3.8, 4) is 0 Å². The molecule has 1 heterocycles. The average Bonchev–Trinajstić information content (AvgIpc) is 2.76. The molecule has 0 spiro atoms. The van der Waals surface area contributed by atoms with Crippen LogP contribution in [0.2, 0.25) is 0 Å². The molecule has 5 heteroatoms. The number of halogens is 3. The maximum absolute atomic E-state index is 5.42. The molecule has 0 bridgehead atoms. The van der Waals surface area contributed by atoms with Gasteiger partial charge in [0.15, 0.2) is 0 Å². The molecular formula is C12H14Br3NO. The molecule has 1 N–H and O–H groups in total. The van der Waals surface area contributed by atoms with Crippen molar-refractivity contribution in [3.63, 3.8) is 0 Å². The Balaban J connectivity index is 2.12. The lowest BCUT2D eigenvalue weighted by Gasteiger charge is -2.22. The number of nitrogens with one attached hydrogen (secondary N) is 1. The van der Waals surface area contributed by atoms with E-state index in [2.05, 4.69) is 60.0 Å². The second-order valence-corrected chi connectivity index (χ2v) is 6.93. The van der Waals surface area contributed by atoms with Gasteiger partial charge in [-0.25, -0.2) is 0 Å². The predicted octanol–water partition coefficient (Wildman–Crippen LogP) is 4.81. The largest absolute Gasteiger partial charge is 0.381 e. The first kappa shape index (κ1) is 13.8. The second-order valence-electron chi connectivity index (χ2n) is 4.30. The Labute approximate surface area is 127 Å². The average molecular weight is 428 g/mol. The van der Waals surface area contributed by atoms with Crippen molar-refractivity contribution in [1.82, 2.24) is 0 Å². The van der Waals surface area contributed by atoms with Crippen LogP contribution in [0.25, 0.3) is 0 Å². The summed E-state index contributed by atoms with van der Waals surface area (Å²) in [5, 5.41) is 3.55. The lowest BCUT2D eigenvalue weighted by molar-refractivity contribution is 0.183. The Morgan fingerprint density at radius 2 is 1.94 bits per heavy atom. The van der Waals surface area contributed by atoms with E-state index in [4.69, 9.17) is 4.74 Å². The summed E-state index contributed by atoms with van der Waals surface area (Å²) >= 11 is 10.6. The SMILES string of the molecule is CC(Nc1c(Br)cc(Br)cc1Br)C1CCOC1. The zero-order chi connectivity index (χ0) is 12.4. The summed E-state index contributed by atoms with van der Waals surface area (Å²) in [5.41, 5.74) is 1.10. The molecule has 1 aromatic rings. The molecule has 0 aromatic heterocycles. The van der Waals surface area contributed by atoms with Gasteiger partial charge < -0.3 is 10.1 Å². The third-order valence-corrected chi connectivity index (χ3v) is 4.76. The Hall–Kier alpha value is 0.420. The first-order valence-electron chi connectivity index (χ1n) is 5.56. The van der Waals surface area contributed by atoms with Crippen LogP contribution in [0.1, 0.15) is 13.3 Å². The number of ether oxygens (including phenoxy) is 1. The lowest BCUT2D eigenvalue weighted by Crippen LogP contribution is -2.26. The molecule has 2 unspecified atom stereocenters. The lowest BCUT2D eigenvalue weighted by atomic mass is 10.0. The van der Waals surface area contributed by atoms with Crippen molar-refractivity contribution >= 4 is 53.5 Å². The Bertz CT molecular complexity index is 382. The van der Waals surface area contributed by atoms with Gasteiger partial charge in [0, 0.05) is 32.0 Å². The third kappa shape index (κ3) is 3.46. The van der Waals surface area contributed by atoms with E-state index < -0.39 is 0 Å². The predicted molar refractivity (Wildman–Crippen MR) is 81.6 cm³/mol. The fourth-order valence-electron chi connectivity index (χ4n) is 1.97. The molecule has 2 rings (SSSR count). The van der Waals surface area contributed by atoms with Gasteiger partial charge in [-0.05, 0) is 57.3 Å². The molecule has 1 aliphatic heterocycles. The van der Waals surface area contributed by atoms with Crippen LogP contribution in [0.15, 0.2) is 25.6 Å². The number of rotatable bonds is 3. The standard InChI is InChI=1S/C12H14Br3NO/c1-7(8-2-3-17-6-8)16-12-10(14)4-9(13)5-11(12)15/h4-5,7-8,16H,2-3,6H2,1H3. The highest BCUT2D eigenvalue weighted by Gasteiger charge is 2.23. The van der Waals surface area contributed by atoms with E-state index in [9.17, 15) is 0 Å². The fraction of sp³-hybridized carbons (Fsp3) is 0.500. The summed E-state index contributed by atoms with van der Waals surface area (Å²) in [4.78, 5) is 0. The molecule has 2 nitrogen and oxygen atoms in total. The van der Waals surface area contributed by atoms with Gasteiger partial charge in [-0.15, -0.1) is 0 Å². The minimum absolute atomic E-state index is 0.409. The summed E-state index contributed by atoms with van der Waals surface area (Å²) in [6.45, 7) is 3.96. The molecule has 1 saturated heterocycles. The van der Waals surface area contributed by atoms with Gasteiger partial charge >= 0.3 is 0 Å².